The highest BCUT2D eigenvalue weighted by Crippen LogP contribution is 2.29. The quantitative estimate of drug-likeness (QED) is 0.806. The summed E-state index contributed by atoms with van der Waals surface area (Å²) in [6.45, 7) is 0. The van der Waals surface area contributed by atoms with Crippen LogP contribution in [0.3, 0.4) is 0 Å². The van der Waals surface area contributed by atoms with E-state index in [1.54, 1.807) is 22.6 Å². The molecule has 1 aromatic rings. The van der Waals surface area contributed by atoms with Crippen LogP contribution in [0.2, 0.25) is 0 Å². The van der Waals surface area contributed by atoms with E-state index >= 15 is 0 Å². The summed E-state index contributed by atoms with van der Waals surface area (Å²) in [5.74, 6) is -1.07. The first-order valence-corrected chi connectivity index (χ1v) is 5.63. The molecular weight excluding hydrogens is 387 g/mol. The van der Waals surface area contributed by atoms with Gasteiger partial charge in [-0.25, -0.2) is 8.78 Å². The van der Waals surface area contributed by atoms with Crippen LogP contribution in [0, 0.1) is 3.57 Å². The molecule has 1 N–H and O–H groups in total. The topological polar surface area (TPSA) is 50.2 Å². The van der Waals surface area contributed by atoms with Crippen LogP contribution < -0.4 is 0 Å². The van der Waals surface area contributed by atoms with Crippen molar-refractivity contribution in [2.24, 2.45) is 0 Å². The molecule has 0 atom stereocenters. The predicted octanol–water partition coefficient (Wildman–Crippen LogP) is 3.01. The Balaban J connectivity index is 3.23. The Bertz CT molecular complexity index is 400. The molecular formula is C8H5BrF2INO2. The number of carboxylic acids is 1. The third kappa shape index (κ3) is 3.07. The van der Waals surface area contributed by atoms with Crippen molar-refractivity contribution in [2.45, 2.75) is 12.8 Å². The fourth-order valence-corrected chi connectivity index (χ4v) is 2.65. The molecule has 1 rings (SSSR count). The molecule has 3 nitrogen and oxygen atoms in total. The van der Waals surface area contributed by atoms with Gasteiger partial charge in [-0.05, 0) is 44.1 Å². The van der Waals surface area contributed by atoms with Crippen molar-refractivity contribution < 1.29 is 18.7 Å². The molecule has 7 heteroatoms. The van der Waals surface area contributed by atoms with Crippen molar-refractivity contribution in [1.82, 2.24) is 4.98 Å². The molecule has 0 aliphatic rings. The Labute approximate surface area is 106 Å². The number of aliphatic carboxylic acids is 1. The number of hydrogen-bond donors (Lipinski definition) is 1. The summed E-state index contributed by atoms with van der Waals surface area (Å²) in [6.07, 6.45) is -1.80. The Morgan fingerprint density at radius 3 is 2.73 bits per heavy atom. The van der Waals surface area contributed by atoms with E-state index in [2.05, 4.69) is 20.9 Å². The van der Waals surface area contributed by atoms with Crippen molar-refractivity contribution in [2.75, 3.05) is 0 Å². The van der Waals surface area contributed by atoms with Gasteiger partial charge in [0.25, 0.3) is 6.43 Å². The summed E-state index contributed by atoms with van der Waals surface area (Å²) >= 11 is 4.76. The lowest BCUT2D eigenvalue weighted by molar-refractivity contribution is -0.136. The van der Waals surface area contributed by atoms with E-state index < -0.39 is 12.4 Å². The van der Waals surface area contributed by atoms with Crippen molar-refractivity contribution in [3.63, 3.8) is 0 Å². The standard InChI is InChI=1S/C8H5BrF2INO2/c9-4-2-13-7(8(10)11)6(12)3(4)1-5(14)15/h2,8H,1H2,(H,14,15). The predicted molar refractivity (Wildman–Crippen MR) is 61.0 cm³/mol. The molecule has 0 aliphatic carbocycles. The highest BCUT2D eigenvalue weighted by molar-refractivity contribution is 14.1. The molecule has 82 valence electrons. The number of alkyl halides is 2. The maximum Gasteiger partial charge on any atom is 0.307 e. The third-order valence-corrected chi connectivity index (χ3v) is 3.52. The number of nitrogens with zero attached hydrogens (tertiary/aromatic N) is 1. The molecule has 0 radical (unpaired) electrons. The van der Waals surface area contributed by atoms with Gasteiger partial charge in [0.15, 0.2) is 0 Å². The lowest BCUT2D eigenvalue weighted by atomic mass is 10.1. The summed E-state index contributed by atoms with van der Waals surface area (Å²) in [6, 6.07) is 0. The molecule has 1 heterocycles. The lowest BCUT2D eigenvalue weighted by Gasteiger charge is -2.08. The van der Waals surface area contributed by atoms with Gasteiger partial charge in [-0.15, -0.1) is 0 Å². The molecule has 0 aliphatic heterocycles. The number of carbonyl (C=O) groups is 1. The summed E-state index contributed by atoms with van der Waals surface area (Å²) in [4.78, 5) is 14.1. The highest BCUT2D eigenvalue weighted by Gasteiger charge is 2.19. The van der Waals surface area contributed by atoms with Crippen molar-refractivity contribution in [3.05, 3.63) is 25.5 Å². The van der Waals surface area contributed by atoms with Gasteiger partial charge in [0.05, 0.1) is 6.42 Å². The average molecular weight is 392 g/mol. The molecule has 0 saturated heterocycles. The Hall–Kier alpha value is -0.310. The SMILES string of the molecule is O=C(O)Cc1c(Br)cnc(C(F)F)c1I. The first kappa shape index (κ1) is 12.8. The highest BCUT2D eigenvalue weighted by atomic mass is 127. The largest absolute Gasteiger partial charge is 0.481 e. The third-order valence-electron chi connectivity index (χ3n) is 1.63. The Morgan fingerprint density at radius 2 is 2.27 bits per heavy atom. The van der Waals surface area contributed by atoms with Gasteiger partial charge in [0.1, 0.15) is 5.69 Å². The molecule has 15 heavy (non-hydrogen) atoms. The summed E-state index contributed by atoms with van der Waals surface area (Å²) in [7, 11) is 0. The van der Waals surface area contributed by atoms with Gasteiger partial charge in [0.2, 0.25) is 0 Å². The molecule has 0 fully saturated rings. The van der Waals surface area contributed by atoms with Crippen LogP contribution in [-0.4, -0.2) is 16.1 Å². The Kier molecular flexibility index (Phi) is 4.38. The average Bonchev–Trinajstić information content (AvgIpc) is 2.11. The maximum absolute atomic E-state index is 12.4. The van der Waals surface area contributed by atoms with Crippen molar-refractivity contribution in [3.8, 4) is 0 Å². The minimum atomic E-state index is -2.70. The minimum absolute atomic E-state index is 0.194. The number of aromatic nitrogens is 1. The molecule has 0 spiro atoms. The second-order valence-corrected chi connectivity index (χ2v) is 4.59. The lowest BCUT2D eigenvalue weighted by Crippen LogP contribution is -2.07. The second kappa shape index (κ2) is 5.15. The van der Waals surface area contributed by atoms with Crippen LogP contribution >= 0.6 is 38.5 Å². The van der Waals surface area contributed by atoms with Crippen LogP contribution in [-0.2, 0) is 11.2 Å². The van der Waals surface area contributed by atoms with E-state index in [0.29, 0.717) is 10.0 Å². The number of hydrogen-bond acceptors (Lipinski definition) is 2. The molecule has 0 bridgehead atoms. The van der Waals surface area contributed by atoms with Crippen molar-refractivity contribution >= 4 is 44.5 Å². The first-order chi connectivity index (χ1) is 6.93. The second-order valence-electron chi connectivity index (χ2n) is 2.66. The number of carboxylic acid groups (broad SMARTS) is 1. The number of pyridine rings is 1. The zero-order valence-electron chi connectivity index (χ0n) is 7.18. The van der Waals surface area contributed by atoms with E-state index in [4.69, 9.17) is 5.11 Å². The van der Waals surface area contributed by atoms with E-state index in [1.807, 2.05) is 0 Å². The van der Waals surface area contributed by atoms with E-state index in [9.17, 15) is 13.6 Å². The van der Waals surface area contributed by atoms with Gasteiger partial charge in [0, 0.05) is 14.2 Å². The molecule has 0 aromatic carbocycles. The molecule has 0 unspecified atom stereocenters. The molecule has 1 aromatic heterocycles. The molecule has 0 amide bonds. The van der Waals surface area contributed by atoms with Crippen LogP contribution in [0.5, 0.6) is 0 Å². The smallest absolute Gasteiger partial charge is 0.307 e. The summed E-state index contributed by atoms with van der Waals surface area (Å²) in [5.41, 5.74) is -0.0524. The summed E-state index contributed by atoms with van der Waals surface area (Å²) < 4.78 is 25.5. The van der Waals surface area contributed by atoms with Crippen LogP contribution in [0.4, 0.5) is 8.78 Å². The van der Waals surface area contributed by atoms with Crippen LogP contribution in [0.25, 0.3) is 0 Å². The van der Waals surface area contributed by atoms with Crippen molar-refractivity contribution in [1.29, 1.82) is 0 Å². The number of rotatable bonds is 3. The first-order valence-electron chi connectivity index (χ1n) is 3.76. The fraction of sp³-hybridized carbons (Fsp3) is 0.250. The van der Waals surface area contributed by atoms with Crippen LogP contribution in [0.1, 0.15) is 17.7 Å². The Morgan fingerprint density at radius 1 is 1.67 bits per heavy atom. The zero-order valence-corrected chi connectivity index (χ0v) is 10.9. The minimum Gasteiger partial charge on any atom is -0.481 e. The monoisotopic (exact) mass is 391 g/mol. The number of halogens is 4. The van der Waals surface area contributed by atoms with Gasteiger partial charge in [-0.2, -0.15) is 0 Å². The molecule has 0 saturated carbocycles. The van der Waals surface area contributed by atoms with E-state index in [-0.39, 0.29) is 15.7 Å². The summed E-state index contributed by atoms with van der Waals surface area (Å²) in [5, 5.41) is 8.61. The van der Waals surface area contributed by atoms with E-state index in [0.717, 1.165) is 0 Å². The van der Waals surface area contributed by atoms with Gasteiger partial charge >= 0.3 is 5.97 Å². The van der Waals surface area contributed by atoms with Gasteiger partial charge in [-0.1, -0.05) is 0 Å². The normalized spacial score (nSPS) is 10.7. The van der Waals surface area contributed by atoms with E-state index in [1.165, 1.54) is 6.20 Å². The van der Waals surface area contributed by atoms with Gasteiger partial charge < -0.3 is 5.11 Å². The zero-order chi connectivity index (χ0) is 11.6. The van der Waals surface area contributed by atoms with Gasteiger partial charge in [-0.3, -0.25) is 9.78 Å². The fourth-order valence-electron chi connectivity index (χ4n) is 0.986. The maximum atomic E-state index is 12.4. The van der Waals surface area contributed by atoms with Crippen LogP contribution in [0.15, 0.2) is 10.7 Å².